The lowest BCUT2D eigenvalue weighted by atomic mass is 9.97. The first-order chi connectivity index (χ1) is 16.5. The highest BCUT2D eigenvalue weighted by molar-refractivity contribution is 6.01. The summed E-state index contributed by atoms with van der Waals surface area (Å²) in [6.45, 7) is 0.235. The first-order valence-corrected chi connectivity index (χ1v) is 12.3. The van der Waals surface area contributed by atoms with Crippen LogP contribution >= 0.6 is 0 Å². The Kier molecular flexibility index (Phi) is 6.24. The normalized spacial score (nSPS) is 18.8. The van der Waals surface area contributed by atoms with E-state index in [4.69, 9.17) is 18.9 Å². The molecule has 0 atom stereocenters. The summed E-state index contributed by atoms with van der Waals surface area (Å²) in [5.74, 6) is 1.65. The Labute approximate surface area is 200 Å². The van der Waals surface area contributed by atoms with Crippen molar-refractivity contribution in [2.75, 3.05) is 20.8 Å². The highest BCUT2D eigenvalue weighted by Crippen LogP contribution is 2.50. The molecule has 0 aromatic heterocycles. The van der Waals surface area contributed by atoms with E-state index in [1.165, 1.54) is 6.42 Å². The van der Waals surface area contributed by atoms with Crippen LogP contribution in [0.1, 0.15) is 67.3 Å². The molecule has 0 heterocycles. The molecule has 6 heteroatoms. The minimum Gasteiger partial charge on any atom is -0.493 e. The van der Waals surface area contributed by atoms with Gasteiger partial charge in [0, 0.05) is 17.5 Å². The van der Waals surface area contributed by atoms with Gasteiger partial charge in [-0.2, -0.15) is 0 Å². The maximum absolute atomic E-state index is 13.0. The molecule has 3 aliphatic rings. The standard InChI is InChI=1S/C28H32O6/c1-31-24-13-11-22(19-8-10-21-18(16-19)9-12-23(21)29)25(26(24)32-2)33-17-28(14-15-28)27(30)34-20-6-4-3-5-7-20/h8,10-11,13,16,20H,3-7,9,12,14-15,17H2,1-2H3. The molecule has 5 rings (SSSR count). The van der Waals surface area contributed by atoms with Gasteiger partial charge in [0.1, 0.15) is 18.1 Å². The van der Waals surface area contributed by atoms with Crippen molar-refractivity contribution >= 4 is 11.8 Å². The Balaban J connectivity index is 1.41. The van der Waals surface area contributed by atoms with E-state index in [9.17, 15) is 9.59 Å². The lowest BCUT2D eigenvalue weighted by Crippen LogP contribution is -2.30. The number of hydrogen-bond donors (Lipinski definition) is 0. The largest absolute Gasteiger partial charge is 0.493 e. The molecule has 0 bridgehead atoms. The average Bonchev–Trinajstić information content (AvgIpc) is 3.58. The van der Waals surface area contributed by atoms with Gasteiger partial charge in [-0.15, -0.1) is 0 Å². The number of carbonyl (C=O) groups is 2. The van der Waals surface area contributed by atoms with Crippen LogP contribution in [0, 0.1) is 5.41 Å². The van der Waals surface area contributed by atoms with Gasteiger partial charge in [-0.1, -0.05) is 24.6 Å². The molecule has 0 aliphatic heterocycles. The van der Waals surface area contributed by atoms with E-state index in [1.54, 1.807) is 14.2 Å². The third kappa shape index (κ3) is 4.26. The van der Waals surface area contributed by atoms with Crippen molar-refractivity contribution in [1.29, 1.82) is 0 Å². The molecule has 0 saturated heterocycles. The summed E-state index contributed by atoms with van der Waals surface area (Å²) in [5, 5.41) is 0. The molecular weight excluding hydrogens is 432 g/mol. The van der Waals surface area contributed by atoms with Crippen LogP contribution in [0.3, 0.4) is 0 Å². The van der Waals surface area contributed by atoms with Crippen LogP contribution < -0.4 is 14.2 Å². The molecule has 0 amide bonds. The van der Waals surface area contributed by atoms with Crippen LogP contribution in [0.15, 0.2) is 30.3 Å². The second-order valence-electron chi connectivity index (χ2n) is 9.71. The predicted octanol–water partition coefficient (Wildman–Crippen LogP) is 5.53. The van der Waals surface area contributed by atoms with Gasteiger partial charge in [-0.05, 0) is 68.2 Å². The van der Waals surface area contributed by atoms with E-state index in [0.717, 1.165) is 67.2 Å². The molecule has 2 aromatic rings. The zero-order chi connectivity index (χ0) is 23.7. The maximum Gasteiger partial charge on any atom is 0.315 e. The van der Waals surface area contributed by atoms with E-state index in [2.05, 4.69) is 6.07 Å². The second kappa shape index (κ2) is 9.32. The average molecular weight is 465 g/mol. The minimum absolute atomic E-state index is 0.0368. The van der Waals surface area contributed by atoms with Crippen molar-refractivity contribution in [2.24, 2.45) is 5.41 Å². The van der Waals surface area contributed by atoms with Crippen molar-refractivity contribution in [1.82, 2.24) is 0 Å². The molecule has 0 spiro atoms. The summed E-state index contributed by atoms with van der Waals surface area (Å²) in [5.41, 5.74) is 3.05. The van der Waals surface area contributed by atoms with Gasteiger partial charge in [-0.3, -0.25) is 9.59 Å². The lowest BCUT2D eigenvalue weighted by molar-refractivity contribution is -0.158. The molecule has 2 saturated carbocycles. The fourth-order valence-electron chi connectivity index (χ4n) is 5.12. The van der Waals surface area contributed by atoms with E-state index < -0.39 is 5.41 Å². The van der Waals surface area contributed by atoms with Crippen molar-refractivity contribution in [2.45, 2.75) is 63.9 Å². The first-order valence-electron chi connectivity index (χ1n) is 12.3. The molecule has 0 radical (unpaired) electrons. The van der Waals surface area contributed by atoms with Crippen LogP contribution in [0.5, 0.6) is 17.2 Å². The van der Waals surface area contributed by atoms with Gasteiger partial charge in [0.2, 0.25) is 5.75 Å². The van der Waals surface area contributed by atoms with Crippen molar-refractivity contribution < 1.29 is 28.5 Å². The lowest BCUT2D eigenvalue weighted by Gasteiger charge is -2.25. The molecule has 2 fully saturated rings. The molecule has 0 N–H and O–H groups in total. The minimum atomic E-state index is -0.590. The summed E-state index contributed by atoms with van der Waals surface area (Å²) in [4.78, 5) is 25.1. The number of ketones is 1. The van der Waals surface area contributed by atoms with Crippen molar-refractivity contribution in [3.05, 3.63) is 41.5 Å². The fraction of sp³-hybridized carbons (Fsp3) is 0.500. The Hall–Kier alpha value is -3.02. The quantitative estimate of drug-likeness (QED) is 0.478. The number of ether oxygens (including phenoxy) is 4. The van der Waals surface area contributed by atoms with Gasteiger partial charge < -0.3 is 18.9 Å². The SMILES string of the molecule is COc1ccc(-c2ccc3c(c2)CCC3=O)c(OCC2(C(=O)OC3CCCCC3)CC2)c1OC. The third-order valence-electron chi connectivity index (χ3n) is 7.44. The number of carbonyl (C=O) groups excluding carboxylic acids is 2. The second-order valence-corrected chi connectivity index (χ2v) is 9.71. The summed E-state index contributed by atoms with van der Waals surface area (Å²) in [6, 6.07) is 9.68. The Morgan fingerprint density at radius 2 is 1.71 bits per heavy atom. The van der Waals surface area contributed by atoms with E-state index in [1.807, 2.05) is 24.3 Å². The summed E-state index contributed by atoms with van der Waals surface area (Å²) in [6.07, 6.45) is 8.25. The number of rotatable bonds is 8. The Morgan fingerprint density at radius 3 is 2.41 bits per heavy atom. The van der Waals surface area contributed by atoms with Crippen LogP contribution in [0.4, 0.5) is 0 Å². The van der Waals surface area contributed by atoms with Crippen LogP contribution in [0.25, 0.3) is 11.1 Å². The van der Waals surface area contributed by atoms with E-state index >= 15 is 0 Å². The first kappa shape index (κ1) is 22.8. The molecular formula is C28H32O6. The summed E-state index contributed by atoms with van der Waals surface area (Å²) in [7, 11) is 3.17. The number of Topliss-reactive ketones (excluding diaryl/α,β-unsaturated/α-hetero) is 1. The number of fused-ring (bicyclic) bond motifs is 1. The van der Waals surface area contributed by atoms with E-state index in [-0.39, 0.29) is 24.5 Å². The summed E-state index contributed by atoms with van der Waals surface area (Å²) < 4.78 is 23.4. The summed E-state index contributed by atoms with van der Waals surface area (Å²) >= 11 is 0. The highest BCUT2D eigenvalue weighted by atomic mass is 16.6. The molecule has 180 valence electrons. The van der Waals surface area contributed by atoms with Gasteiger partial charge in [-0.25, -0.2) is 0 Å². The van der Waals surface area contributed by atoms with Gasteiger partial charge >= 0.3 is 5.97 Å². The van der Waals surface area contributed by atoms with Gasteiger partial charge in [0.25, 0.3) is 0 Å². The molecule has 6 nitrogen and oxygen atoms in total. The number of hydrogen-bond acceptors (Lipinski definition) is 6. The van der Waals surface area contributed by atoms with Crippen LogP contribution in [0.2, 0.25) is 0 Å². The fourth-order valence-corrected chi connectivity index (χ4v) is 5.12. The zero-order valence-corrected chi connectivity index (χ0v) is 20.0. The topological polar surface area (TPSA) is 71.1 Å². The predicted molar refractivity (Wildman–Crippen MR) is 128 cm³/mol. The zero-order valence-electron chi connectivity index (χ0n) is 20.0. The van der Waals surface area contributed by atoms with Gasteiger partial charge in [0.15, 0.2) is 17.3 Å². The van der Waals surface area contributed by atoms with E-state index in [0.29, 0.717) is 23.7 Å². The van der Waals surface area contributed by atoms with Crippen LogP contribution in [-0.2, 0) is 16.0 Å². The third-order valence-corrected chi connectivity index (χ3v) is 7.44. The Morgan fingerprint density at radius 1 is 0.941 bits per heavy atom. The van der Waals surface area contributed by atoms with Crippen LogP contribution in [-0.4, -0.2) is 38.7 Å². The van der Waals surface area contributed by atoms with Crippen molar-refractivity contribution in [3.63, 3.8) is 0 Å². The van der Waals surface area contributed by atoms with Crippen molar-refractivity contribution in [3.8, 4) is 28.4 Å². The molecule has 2 aromatic carbocycles. The maximum atomic E-state index is 13.0. The number of esters is 1. The molecule has 3 aliphatic carbocycles. The number of aryl methyl sites for hydroxylation is 1. The highest BCUT2D eigenvalue weighted by Gasteiger charge is 2.53. The monoisotopic (exact) mass is 464 g/mol. The van der Waals surface area contributed by atoms with Gasteiger partial charge in [0.05, 0.1) is 14.2 Å². The Bertz CT molecular complexity index is 1090. The number of methoxy groups -OCH3 is 2. The molecule has 34 heavy (non-hydrogen) atoms. The number of benzene rings is 2. The molecule has 0 unspecified atom stereocenters. The smallest absolute Gasteiger partial charge is 0.315 e.